The highest BCUT2D eigenvalue weighted by molar-refractivity contribution is 6.31. The predicted octanol–water partition coefficient (Wildman–Crippen LogP) is 5.55. The van der Waals surface area contributed by atoms with Gasteiger partial charge in [-0.3, -0.25) is 0 Å². The summed E-state index contributed by atoms with van der Waals surface area (Å²) in [7, 11) is 0. The summed E-state index contributed by atoms with van der Waals surface area (Å²) in [6.07, 6.45) is 0.0136. The number of aliphatic hydroxyl groups excluding tert-OH is 1. The average molecular weight is 407 g/mol. The average Bonchev–Trinajstić information content (AvgIpc) is 3.12. The molecule has 0 spiro atoms. The molecule has 1 atom stereocenters. The number of nitrogens with zero attached hydrogens (tertiary/aromatic N) is 2. The maximum atomic E-state index is 10.9. The van der Waals surface area contributed by atoms with E-state index in [1.807, 2.05) is 79.7 Å². The summed E-state index contributed by atoms with van der Waals surface area (Å²) in [5.74, 6) is 1.46. The van der Waals surface area contributed by atoms with E-state index in [9.17, 15) is 5.11 Å². The lowest BCUT2D eigenvalue weighted by molar-refractivity contribution is 0.203. The van der Waals surface area contributed by atoms with Crippen molar-refractivity contribution in [3.05, 3.63) is 94.8 Å². The molecule has 1 N–H and O–H groups in total. The van der Waals surface area contributed by atoms with E-state index in [1.54, 1.807) is 0 Å². The van der Waals surface area contributed by atoms with Crippen molar-refractivity contribution in [2.24, 2.45) is 0 Å². The quantitative estimate of drug-likeness (QED) is 0.409. The fraction of sp³-hybridized carbons (Fsp3) is 0.208. The van der Waals surface area contributed by atoms with Gasteiger partial charge in [0.1, 0.15) is 17.7 Å². The summed E-state index contributed by atoms with van der Waals surface area (Å²) in [4.78, 5) is 4.70. The molecule has 0 amide bonds. The van der Waals surface area contributed by atoms with E-state index in [-0.39, 0.29) is 0 Å². The van der Waals surface area contributed by atoms with Gasteiger partial charge in [-0.2, -0.15) is 0 Å². The third-order valence-electron chi connectivity index (χ3n) is 4.97. The third-order valence-corrected chi connectivity index (χ3v) is 5.39. The van der Waals surface area contributed by atoms with Crippen molar-refractivity contribution < 1.29 is 9.84 Å². The van der Waals surface area contributed by atoms with Crippen LogP contribution in [-0.4, -0.2) is 21.3 Å². The van der Waals surface area contributed by atoms with Crippen molar-refractivity contribution in [2.45, 2.75) is 26.0 Å². The molecule has 0 aliphatic carbocycles. The Hall–Kier alpha value is -2.82. The number of imidazole rings is 1. The Morgan fingerprint density at radius 3 is 2.59 bits per heavy atom. The van der Waals surface area contributed by atoms with Gasteiger partial charge in [-0.05, 0) is 54.8 Å². The summed E-state index contributed by atoms with van der Waals surface area (Å²) in [6.45, 7) is 3.23. The molecule has 0 bridgehead atoms. The van der Waals surface area contributed by atoms with Crippen LogP contribution in [-0.2, 0) is 6.54 Å². The molecule has 0 radical (unpaired) electrons. The molecule has 1 aromatic heterocycles. The lowest BCUT2D eigenvalue weighted by Crippen LogP contribution is -2.12. The van der Waals surface area contributed by atoms with E-state index in [2.05, 4.69) is 4.57 Å². The standard InChI is InChI=1S/C24H23ClN2O2/c1-17-16-19(12-13-20(17)25)29-15-7-14-27-22-11-6-5-10-21(22)26-24(27)23(28)18-8-3-2-4-9-18/h2-6,8-13,16,23,28H,7,14-15H2,1H3. The number of ether oxygens (including phenoxy) is 1. The van der Waals surface area contributed by atoms with Crippen LogP contribution in [0.15, 0.2) is 72.8 Å². The van der Waals surface area contributed by atoms with Gasteiger partial charge >= 0.3 is 0 Å². The van der Waals surface area contributed by atoms with E-state index in [4.69, 9.17) is 21.3 Å². The minimum Gasteiger partial charge on any atom is -0.494 e. The first-order valence-corrected chi connectivity index (χ1v) is 10.1. The Morgan fingerprint density at radius 1 is 1.03 bits per heavy atom. The molecule has 1 heterocycles. The second-order valence-electron chi connectivity index (χ2n) is 7.04. The van der Waals surface area contributed by atoms with Crippen LogP contribution in [0.1, 0.15) is 29.5 Å². The Kier molecular flexibility index (Phi) is 5.84. The largest absolute Gasteiger partial charge is 0.494 e. The molecule has 148 valence electrons. The molecule has 0 fully saturated rings. The van der Waals surface area contributed by atoms with Crippen LogP contribution >= 0.6 is 11.6 Å². The van der Waals surface area contributed by atoms with Gasteiger partial charge in [0.05, 0.1) is 17.6 Å². The Morgan fingerprint density at radius 2 is 1.79 bits per heavy atom. The van der Waals surface area contributed by atoms with Crippen LogP contribution < -0.4 is 4.74 Å². The summed E-state index contributed by atoms with van der Waals surface area (Å²) in [6, 6.07) is 23.3. The molecule has 4 rings (SSSR count). The van der Waals surface area contributed by atoms with Gasteiger partial charge in [0.25, 0.3) is 0 Å². The zero-order chi connectivity index (χ0) is 20.2. The van der Waals surface area contributed by atoms with Crippen molar-refractivity contribution in [3.8, 4) is 5.75 Å². The maximum absolute atomic E-state index is 10.9. The van der Waals surface area contributed by atoms with Gasteiger partial charge < -0.3 is 14.4 Å². The number of para-hydroxylation sites is 2. The maximum Gasteiger partial charge on any atom is 0.143 e. The zero-order valence-electron chi connectivity index (χ0n) is 16.3. The molecular formula is C24H23ClN2O2. The van der Waals surface area contributed by atoms with Gasteiger partial charge in [-0.25, -0.2) is 4.98 Å². The first-order valence-electron chi connectivity index (χ1n) is 9.70. The van der Waals surface area contributed by atoms with Crippen LogP contribution in [0.2, 0.25) is 5.02 Å². The minimum atomic E-state index is -0.775. The van der Waals surface area contributed by atoms with Crippen LogP contribution in [0.25, 0.3) is 11.0 Å². The molecule has 0 saturated carbocycles. The fourth-order valence-electron chi connectivity index (χ4n) is 3.44. The lowest BCUT2D eigenvalue weighted by Gasteiger charge is -2.15. The normalized spacial score (nSPS) is 12.2. The van der Waals surface area contributed by atoms with Crippen molar-refractivity contribution in [1.82, 2.24) is 9.55 Å². The van der Waals surface area contributed by atoms with Crippen LogP contribution in [0, 0.1) is 6.92 Å². The van der Waals surface area contributed by atoms with E-state index in [0.29, 0.717) is 19.0 Å². The second kappa shape index (κ2) is 8.68. The molecule has 4 aromatic rings. The van der Waals surface area contributed by atoms with Gasteiger partial charge in [0.2, 0.25) is 0 Å². The summed E-state index contributed by atoms with van der Waals surface area (Å²) in [5, 5.41) is 11.7. The highest BCUT2D eigenvalue weighted by Crippen LogP contribution is 2.26. The minimum absolute atomic E-state index is 0.564. The highest BCUT2D eigenvalue weighted by Gasteiger charge is 2.19. The molecule has 0 aliphatic heterocycles. The zero-order valence-corrected chi connectivity index (χ0v) is 17.0. The number of aryl methyl sites for hydroxylation is 2. The van der Waals surface area contributed by atoms with E-state index >= 15 is 0 Å². The first-order chi connectivity index (χ1) is 14.1. The topological polar surface area (TPSA) is 47.3 Å². The number of fused-ring (bicyclic) bond motifs is 1. The molecule has 5 heteroatoms. The molecule has 1 unspecified atom stereocenters. The smallest absolute Gasteiger partial charge is 0.143 e. The fourth-order valence-corrected chi connectivity index (χ4v) is 3.56. The number of halogens is 1. The number of aliphatic hydroxyl groups is 1. The number of hydrogen-bond donors (Lipinski definition) is 1. The number of hydrogen-bond acceptors (Lipinski definition) is 3. The van der Waals surface area contributed by atoms with Crippen LogP contribution in [0.5, 0.6) is 5.75 Å². The SMILES string of the molecule is Cc1cc(OCCCn2c(C(O)c3ccccc3)nc3ccccc32)ccc1Cl. The van der Waals surface area contributed by atoms with Gasteiger partial charge in [0, 0.05) is 11.6 Å². The van der Waals surface area contributed by atoms with Crippen molar-refractivity contribution in [1.29, 1.82) is 0 Å². The lowest BCUT2D eigenvalue weighted by atomic mass is 10.1. The van der Waals surface area contributed by atoms with E-state index < -0.39 is 6.10 Å². The van der Waals surface area contributed by atoms with E-state index in [0.717, 1.165) is 39.4 Å². The summed E-state index contributed by atoms with van der Waals surface area (Å²) in [5.41, 5.74) is 3.72. The number of benzene rings is 3. The van der Waals surface area contributed by atoms with Crippen molar-refractivity contribution in [2.75, 3.05) is 6.61 Å². The number of rotatable bonds is 7. The summed E-state index contributed by atoms with van der Waals surface area (Å²) >= 11 is 6.07. The van der Waals surface area contributed by atoms with Crippen molar-refractivity contribution in [3.63, 3.8) is 0 Å². The highest BCUT2D eigenvalue weighted by atomic mass is 35.5. The van der Waals surface area contributed by atoms with Gasteiger partial charge in [-0.15, -0.1) is 0 Å². The second-order valence-corrected chi connectivity index (χ2v) is 7.44. The first kappa shape index (κ1) is 19.5. The monoisotopic (exact) mass is 406 g/mol. The molecule has 0 aliphatic rings. The number of aromatic nitrogens is 2. The molecule has 29 heavy (non-hydrogen) atoms. The molecule has 0 saturated heterocycles. The van der Waals surface area contributed by atoms with E-state index in [1.165, 1.54) is 0 Å². The van der Waals surface area contributed by atoms with Gasteiger partial charge in [0.15, 0.2) is 0 Å². The molecule has 4 nitrogen and oxygen atoms in total. The summed E-state index contributed by atoms with van der Waals surface area (Å²) < 4.78 is 7.97. The predicted molar refractivity (Wildman–Crippen MR) is 117 cm³/mol. The van der Waals surface area contributed by atoms with Crippen molar-refractivity contribution >= 4 is 22.6 Å². The Bertz CT molecular complexity index is 1110. The third kappa shape index (κ3) is 4.29. The van der Waals surface area contributed by atoms with Crippen LogP contribution in [0.3, 0.4) is 0 Å². The Labute approximate surface area is 175 Å². The van der Waals surface area contributed by atoms with Crippen LogP contribution in [0.4, 0.5) is 0 Å². The van der Waals surface area contributed by atoms with Gasteiger partial charge in [-0.1, -0.05) is 54.1 Å². The molecule has 3 aromatic carbocycles. The molecular weight excluding hydrogens is 384 g/mol. The Balaban J connectivity index is 1.52.